The largest absolute Gasteiger partial charge is 0.377 e. The van der Waals surface area contributed by atoms with E-state index in [1.165, 1.54) is 0 Å². The van der Waals surface area contributed by atoms with Crippen LogP contribution in [-0.2, 0) is 4.74 Å². The van der Waals surface area contributed by atoms with Crippen LogP contribution in [0.4, 0.5) is 0 Å². The number of hydrogen-bond donors (Lipinski definition) is 1. The van der Waals surface area contributed by atoms with Gasteiger partial charge in [0.05, 0.1) is 18.7 Å². The van der Waals surface area contributed by atoms with Crippen molar-refractivity contribution in [1.29, 1.82) is 5.26 Å². The van der Waals surface area contributed by atoms with Crippen molar-refractivity contribution >= 4 is 0 Å². The molecule has 2 atom stereocenters. The molecule has 0 bridgehead atoms. The third-order valence-corrected chi connectivity index (χ3v) is 2.10. The van der Waals surface area contributed by atoms with Crippen molar-refractivity contribution in [2.45, 2.75) is 25.0 Å². The Kier molecular flexibility index (Phi) is 4.79. The molecule has 1 saturated heterocycles. The first-order valence-electron chi connectivity index (χ1n) is 4.62. The summed E-state index contributed by atoms with van der Waals surface area (Å²) in [5.41, 5.74) is 8.09. The zero-order valence-corrected chi connectivity index (χ0v) is 7.89. The monoisotopic (exact) mass is 195 g/mol. The van der Waals surface area contributed by atoms with Crippen LogP contribution in [0.5, 0.6) is 0 Å². The summed E-state index contributed by atoms with van der Waals surface area (Å²) in [4.78, 5) is 2.61. The van der Waals surface area contributed by atoms with Crippen molar-refractivity contribution in [2.24, 2.45) is 5.11 Å². The third-order valence-electron chi connectivity index (χ3n) is 2.10. The van der Waals surface area contributed by atoms with Crippen molar-refractivity contribution in [3.63, 3.8) is 0 Å². The first-order valence-corrected chi connectivity index (χ1v) is 4.62. The molecule has 1 heterocycles. The molecule has 0 aliphatic carbocycles. The van der Waals surface area contributed by atoms with Crippen LogP contribution in [-0.4, -0.2) is 31.8 Å². The maximum absolute atomic E-state index is 8.69. The van der Waals surface area contributed by atoms with Gasteiger partial charge in [-0.3, -0.25) is 5.32 Å². The highest BCUT2D eigenvalue weighted by molar-refractivity contribution is 4.92. The molecule has 76 valence electrons. The van der Waals surface area contributed by atoms with Gasteiger partial charge in [-0.2, -0.15) is 5.26 Å². The summed E-state index contributed by atoms with van der Waals surface area (Å²) in [7, 11) is 0. The van der Waals surface area contributed by atoms with E-state index in [2.05, 4.69) is 15.3 Å². The van der Waals surface area contributed by atoms with Crippen LogP contribution < -0.4 is 5.32 Å². The second-order valence-corrected chi connectivity index (χ2v) is 3.14. The van der Waals surface area contributed by atoms with Crippen LogP contribution in [0.25, 0.3) is 10.4 Å². The van der Waals surface area contributed by atoms with Gasteiger partial charge in [0.15, 0.2) is 0 Å². The van der Waals surface area contributed by atoms with Crippen LogP contribution in [0, 0.1) is 11.3 Å². The highest BCUT2D eigenvalue weighted by Gasteiger charge is 2.16. The van der Waals surface area contributed by atoms with E-state index in [-0.39, 0.29) is 12.6 Å². The molecule has 1 fully saturated rings. The summed E-state index contributed by atoms with van der Waals surface area (Å²) in [6, 6.07) is 1.62. The van der Waals surface area contributed by atoms with Crippen molar-refractivity contribution in [3.05, 3.63) is 10.4 Å². The number of nitrogens with zero attached hydrogens (tertiary/aromatic N) is 4. The Balaban J connectivity index is 2.19. The molecule has 0 radical (unpaired) electrons. The van der Waals surface area contributed by atoms with E-state index in [1.807, 2.05) is 6.07 Å². The molecule has 0 aromatic carbocycles. The molecule has 1 rings (SSSR count). The summed E-state index contributed by atoms with van der Waals surface area (Å²) >= 11 is 0. The minimum Gasteiger partial charge on any atom is -0.377 e. The minimum absolute atomic E-state index is 0.166. The molecule has 0 spiro atoms. The van der Waals surface area contributed by atoms with Gasteiger partial charge in [-0.1, -0.05) is 5.11 Å². The van der Waals surface area contributed by atoms with E-state index < -0.39 is 6.04 Å². The molecule has 2 unspecified atom stereocenters. The van der Waals surface area contributed by atoms with Gasteiger partial charge in [0.25, 0.3) is 0 Å². The molecule has 0 amide bonds. The maximum atomic E-state index is 8.69. The Morgan fingerprint density at radius 2 is 2.64 bits per heavy atom. The number of hydrogen-bond acceptors (Lipinski definition) is 4. The van der Waals surface area contributed by atoms with E-state index in [1.54, 1.807) is 0 Å². The molecule has 1 aliphatic heterocycles. The Morgan fingerprint density at radius 1 is 1.79 bits per heavy atom. The van der Waals surface area contributed by atoms with Gasteiger partial charge in [-0.25, -0.2) is 0 Å². The third kappa shape index (κ3) is 3.62. The van der Waals surface area contributed by atoms with Crippen LogP contribution >= 0.6 is 0 Å². The van der Waals surface area contributed by atoms with Crippen LogP contribution in [0.3, 0.4) is 0 Å². The Hall–Kier alpha value is -1.28. The lowest BCUT2D eigenvalue weighted by Gasteiger charge is -2.12. The van der Waals surface area contributed by atoms with Crippen molar-refractivity contribution in [3.8, 4) is 6.07 Å². The summed E-state index contributed by atoms with van der Waals surface area (Å²) in [6.07, 6.45) is 2.32. The minimum atomic E-state index is -0.407. The smallest absolute Gasteiger partial charge is 0.101 e. The average molecular weight is 195 g/mol. The fourth-order valence-electron chi connectivity index (χ4n) is 1.35. The maximum Gasteiger partial charge on any atom is 0.101 e. The molecule has 0 saturated carbocycles. The van der Waals surface area contributed by atoms with E-state index in [4.69, 9.17) is 15.5 Å². The molecule has 6 heteroatoms. The second-order valence-electron chi connectivity index (χ2n) is 3.14. The fraction of sp³-hybridized carbons (Fsp3) is 0.875. The van der Waals surface area contributed by atoms with Gasteiger partial charge in [0, 0.05) is 18.1 Å². The Morgan fingerprint density at radius 3 is 3.21 bits per heavy atom. The summed E-state index contributed by atoms with van der Waals surface area (Å²) in [5.74, 6) is 0. The number of nitrogens with one attached hydrogen (secondary N) is 1. The van der Waals surface area contributed by atoms with Crippen molar-refractivity contribution in [2.75, 3.05) is 19.7 Å². The lowest BCUT2D eigenvalue weighted by molar-refractivity contribution is 0.109. The van der Waals surface area contributed by atoms with Gasteiger partial charge >= 0.3 is 0 Å². The van der Waals surface area contributed by atoms with Crippen LogP contribution in [0.1, 0.15) is 12.8 Å². The standard InChI is InChI=1S/C8H13N5O/c9-4-7(5-12-13-10)11-6-8-2-1-3-14-8/h7-8,11H,1-3,5-6H2. The summed E-state index contributed by atoms with van der Waals surface area (Å²) < 4.78 is 5.38. The molecule has 0 aromatic rings. The summed E-state index contributed by atoms with van der Waals surface area (Å²) in [6.45, 7) is 1.62. The zero-order chi connectivity index (χ0) is 10.2. The predicted octanol–water partition coefficient (Wildman–Crippen LogP) is 0.957. The average Bonchev–Trinajstić information content (AvgIpc) is 2.71. The zero-order valence-electron chi connectivity index (χ0n) is 7.89. The number of rotatable bonds is 5. The van der Waals surface area contributed by atoms with Gasteiger partial charge in [0.1, 0.15) is 6.04 Å². The quantitative estimate of drug-likeness (QED) is 0.402. The van der Waals surface area contributed by atoms with E-state index in [0.29, 0.717) is 6.54 Å². The van der Waals surface area contributed by atoms with Crippen molar-refractivity contribution < 1.29 is 4.74 Å². The fourth-order valence-corrected chi connectivity index (χ4v) is 1.35. The predicted molar refractivity (Wildman–Crippen MR) is 50.4 cm³/mol. The second kappa shape index (κ2) is 6.22. The van der Waals surface area contributed by atoms with Gasteiger partial charge in [0.2, 0.25) is 0 Å². The van der Waals surface area contributed by atoms with Gasteiger partial charge in [-0.15, -0.1) is 0 Å². The molecular formula is C8H13N5O. The molecule has 1 N–H and O–H groups in total. The van der Waals surface area contributed by atoms with E-state index >= 15 is 0 Å². The SMILES string of the molecule is N#CC(CN=[N+]=[N-])NCC1CCCO1. The lowest BCUT2D eigenvalue weighted by atomic mass is 10.2. The Bertz CT molecular complexity index is 249. The molecule has 14 heavy (non-hydrogen) atoms. The molecule has 6 nitrogen and oxygen atoms in total. The van der Waals surface area contributed by atoms with Crippen LogP contribution in [0.2, 0.25) is 0 Å². The van der Waals surface area contributed by atoms with Gasteiger partial charge < -0.3 is 4.74 Å². The van der Waals surface area contributed by atoms with E-state index in [9.17, 15) is 0 Å². The highest BCUT2D eigenvalue weighted by atomic mass is 16.5. The topological polar surface area (TPSA) is 93.8 Å². The van der Waals surface area contributed by atoms with E-state index in [0.717, 1.165) is 19.4 Å². The number of nitriles is 1. The van der Waals surface area contributed by atoms with Crippen molar-refractivity contribution in [1.82, 2.24) is 5.32 Å². The van der Waals surface area contributed by atoms with Gasteiger partial charge in [-0.05, 0) is 18.4 Å². The lowest BCUT2D eigenvalue weighted by Crippen LogP contribution is -2.36. The number of azide groups is 1. The first kappa shape index (κ1) is 10.8. The molecule has 0 aromatic heterocycles. The van der Waals surface area contributed by atoms with Crippen LogP contribution in [0.15, 0.2) is 5.11 Å². The molecular weight excluding hydrogens is 182 g/mol. The first-order chi connectivity index (χ1) is 6.86. The normalized spacial score (nSPS) is 22.4. The molecule has 1 aliphatic rings. The summed E-state index contributed by atoms with van der Waals surface area (Å²) in [5, 5.41) is 15.0. The Labute approximate surface area is 82.5 Å². The highest BCUT2D eigenvalue weighted by Crippen LogP contribution is 2.10. The number of ether oxygens (including phenoxy) is 1.